The van der Waals surface area contributed by atoms with Crippen LogP contribution < -0.4 is 0 Å². The quantitative estimate of drug-likeness (QED) is 0.716. The Morgan fingerprint density at radius 3 is 1.95 bits per heavy atom. The van der Waals surface area contributed by atoms with Crippen LogP contribution in [0, 0.1) is 0 Å². The molecular weight excluding hydrogens is 266 g/mol. The fraction of sp³-hybridized carbons (Fsp3) is 0.875. The highest BCUT2D eigenvalue weighted by atomic mass is 16.2. The number of nitrogens with zero attached hydrogens (tertiary/aromatic N) is 3. The molecule has 0 radical (unpaired) electrons. The maximum absolute atomic E-state index is 12.3. The van der Waals surface area contributed by atoms with Gasteiger partial charge in [-0.2, -0.15) is 0 Å². The number of likely N-dealkylation sites (N-methyl/N-ethyl adjacent to an activating group) is 3. The SMILES string of the molecule is CCN(CC)C(=O)CN(C)CC(=O)N(C)C1CCCCC1. The number of hydrogen-bond acceptors (Lipinski definition) is 3. The summed E-state index contributed by atoms with van der Waals surface area (Å²) in [6, 6.07) is 0.387. The Morgan fingerprint density at radius 2 is 1.43 bits per heavy atom. The molecule has 0 spiro atoms. The first kappa shape index (κ1) is 18.0. The van der Waals surface area contributed by atoms with E-state index < -0.39 is 0 Å². The lowest BCUT2D eigenvalue weighted by atomic mass is 9.94. The molecule has 2 amide bonds. The van der Waals surface area contributed by atoms with Crippen molar-refractivity contribution in [3.05, 3.63) is 0 Å². The van der Waals surface area contributed by atoms with E-state index in [9.17, 15) is 9.59 Å². The van der Waals surface area contributed by atoms with E-state index in [-0.39, 0.29) is 11.8 Å². The Bertz CT molecular complexity index is 336. The molecule has 0 aromatic heterocycles. The number of amides is 2. The Morgan fingerprint density at radius 1 is 0.905 bits per heavy atom. The predicted molar refractivity (Wildman–Crippen MR) is 85.1 cm³/mol. The van der Waals surface area contributed by atoms with E-state index in [1.165, 1.54) is 19.3 Å². The van der Waals surface area contributed by atoms with Gasteiger partial charge in [-0.25, -0.2) is 0 Å². The molecule has 1 rings (SSSR count). The van der Waals surface area contributed by atoms with Crippen molar-refractivity contribution >= 4 is 11.8 Å². The van der Waals surface area contributed by atoms with Crippen LogP contribution in [0.2, 0.25) is 0 Å². The van der Waals surface area contributed by atoms with Crippen LogP contribution in [0.5, 0.6) is 0 Å². The van der Waals surface area contributed by atoms with Crippen LogP contribution in [-0.2, 0) is 9.59 Å². The molecular formula is C16H31N3O2. The molecule has 0 bridgehead atoms. The summed E-state index contributed by atoms with van der Waals surface area (Å²) in [5.74, 6) is 0.215. The second-order valence-electron chi connectivity index (χ2n) is 6.03. The van der Waals surface area contributed by atoms with E-state index in [0.717, 1.165) is 25.9 Å². The number of carbonyl (C=O) groups excluding carboxylic acids is 2. The Kier molecular flexibility index (Phi) is 7.72. The molecule has 21 heavy (non-hydrogen) atoms. The zero-order valence-electron chi connectivity index (χ0n) is 14.1. The molecule has 0 aromatic rings. The minimum atomic E-state index is 0.0932. The second-order valence-corrected chi connectivity index (χ2v) is 6.03. The van der Waals surface area contributed by atoms with Crippen LogP contribution in [-0.4, -0.2) is 72.8 Å². The molecule has 0 N–H and O–H groups in total. The smallest absolute Gasteiger partial charge is 0.236 e. The first-order chi connectivity index (χ1) is 9.99. The van der Waals surface area contributed by atoms with Crippen molar-refractivity contribution < 1.29 is 9.59 Å². The van der Waals surface area contributed by atoms with Gasteiger partial charge in [0.2, 0.25) is 11.8 Å². The highest BCUT2D eigenvalue weighted by molar-refractivity contribution is 5.81. The lowest BCUT2D eigenvalue weighted by Gasteiger charge is -2.32. The van der Waals surface area contributed by atoms with E-state index in [4.69, 9.17) is 0 Å². The van der Waals surface area contributed by atoms with Gasteiger partial charge in [0.05, 0.1) is 13.1 Å². The van der Waals surface area contributed by atoms with Crippen molar-refractivity contribution in [3.63, 3.8) is 0 Å². The van der Waals surface area contributed by atoms with Crippen molar-refractivity contribution in [1.29, 1.82) is 0 Å². The molecule has 0 unspecified atom stereocenters. The van der Waals surface area contributed by atoms with Crippen molar-refractivity contribution in [2.45, 2.75) is 52.0 Å². The summed E-state index contributed by atoms with van der Waals surface area (Å²) in [5, 5.41) is 0. The fourth-order valence-electron chi connectivity index (χ4n) is 2.98. The van der Waals surface area contributed by atoms with Gasteiger partial charge in [0.15, 0.2) is 0 Å². The molecule has 0 heterocycles. The molecule has 0 aromatic carbocycles. The van der Waals surface area contributed by atoms with Crippen LogP contribution in [0.4, 0.5) is 0 Å². The third-order valence-electron chi connectivity index (χ3n) is 4.44. The molecule has 0 saturated heterocycles. The number of hydrogen-bond donors (Lipinski definition) is 0. The summed E-state index contributed by atoms with van der Waals surface area (Å²) in [7, 11) is 3.74. The highest BCUT2D eigenvalue weighted by Gasteiger charge is 2.23. The van der Waals surface area contributed by atoms with Gasteiger partial charge < -0.3 is 9.80 Å². The summed E-state index contributed by atoms with van der Waals surface area (Å²) in [5.41, 5.74) is 0. The Balaban J connectivity index is 2.40. The van der Waals surface area contributed by atoms with Gasteiger partial charge in [-0.3, -0.25) is 14.5 Å². The molecule has 0 atom stereocenters. The molecule has 1 fully saturated rings. The van der Waals surface area contributed by atoms with Crippen LogP contribution in [0.3, 0.4) is 0 Å². The normalized spacial score (nSPS) is 16.0. The topological polar surface area (TPSA) is 43.9 Å². The lowest BCUT2D eigenvalue weighted by Crippen LogP contribution is -2.46. The summed E-state index contributed by atoms with van der Waals surface area (Å²) in [4.78, 5) is 29.8. The second kappa shape index (κ2) is 9.03. The average molecular weight is 297 g/mol. The zero-order chi connectivity index (χ0) is 15.8. The maximum Gasteiger partial charge on any atom is 0.236 e. The standard InChI is InChI=1S/C16H31N3O2/c1-5-19(6-2)16(21)13-17(3)12-15(20)18(4)14-10-8-7-9-11-14/h14H,5-13H2,1-4H3. The van der Waals surface area contributed by atoms with Crippen LogP contribution in [0.15, 0.2) is 0 Å². The summed E-state index contributed by atoms with van der Waals surface area (Å²) < 4.78 is 0. The van der Waals surface area contributed by atoms with E-state index in [1.54, 1.807) is 4.90 Å². The van der Waals surface area contributed by atoms with Gasteiger partial charge in [0.1, 0.15) is 0 Å². The van der Waals surface area contributed by atoms with Crippen molar-refractivity contribution in [2.75, 3.05) is 40.3 Å². The molecule has 5 heteroatoms. The minimum absolute atomic E-state index is 0.0932. The van der Waals surface area contributed by atoms with Crippen LogP contribution in [0.25, 0.3) is 0 Å². The highest BCUT2D eigenvalue weighted by Crippen LogP contribution is 2.21. The van der Waals surface area contributed by atoms with E-state index in [2.05, 4.69) is 0 Å². The summed E-state index contributed by atoms with van der Waals surface area (Å²) >= 11 is 0. The van der Waals surface area contributed by atoms with E-state index in [0.29, 0.717) is 19.1 Å². The third kappa shape index (κ3) is 5.65. The van der Waals surface area contributed by atoms with Crippen LogP contribution >= 0.6 is 0 Å². The summed E-state index contributed by atoms with van der Waals surface area (Å²) in [6.07, 6.45) is 5.96. The first-order valence-electron chi connectivity index (χ1n) is 8.21. The van der Waals surface area contributed by atoms with Gasteiger partial charge >= 0.3 is 0 Å². The number of carbonyl (C=O) groups is 2. The maximum atomic E-state index is 12.3. The predicted octanol–water partition coefficient (Wildman–Crippen LogP) is 1.58. The number of rotatable bonds is 7. The fourth-order valence-corrected chi connectivity index (χ4v) is 2.98. The van der Waals surface area contributed by atoms with Gasteiger partial charge in [-0.15, -0.1) is 0 Å². The Labute approximate surface area is 129 Å². The third-order valence-corrected chi connectivity index (χ3v) is 4.44. The van der Waals surface area contributed by atoms with Crippen molar-refractivity contribution in [2.24, 2.45) is 0 Å². The molecule has 122 valence electrons. The van der Waals surface area contributed by atoms with Crippen molar-refractivity contribution in [3.8, 4) is 0 Å². The molecule has 1 aliphatic carbocycles. The Hall–Kier alpha value is -1.10. The van der Waals surface area contributed by atoms with Crippen molar-refractivity contribution in [1.82, 2.24) is 14.7 Å². The minimum Gasteiger partial charge on any atom is -0.342 e. The summed E-state index contributed by atoms with van der Waals surface area (Å²) in [6.45, 7) is 6.02. The average Bonchev–Trinajstić information content (AvgIpc) is 2.48. The lowest BCUT2D eigenvalue weighted by molar-refractivity contribution is -0.135. The molecule has 1 aliphatic rings. The molecule has 1 saturated carbocycles. The van der Waals surface area contributed by atoms with E-state index >= 15 is 0 Å². The molecule has 0 aliphatic heterocycles. The molecule has 5 nitrogen and oxygen atoms in total. The van der Waals surface area contributed by atoms with Gasteiger partial charge in [-0.1, -0.05) is 19.3 Å². The van der Waals surface area contributed by atoms with Gasteiger partial charge in [0.25, 0.3) is 0 Å². The first-order valence-corrected chi connectivity index (χ1v) is 8.21. The van der Waals surface area contributed by atoms with Crippen LogP contribution in [0.1, 0.15) is 46.0 Å². The monoisotopic (exact) mass is 297 g/mol. The van der Waals surface area contributed by atoms with Gasteiger partial charge in [0, 0.05) is 26.2 Å². The zero-order valence-corrected chi connectivity index (χ0v) is 14.1. The van der Waals surface area contributed by atoms with Gasteiger partial charge in [-0.05, 0) is 33.7 Å². The largest absolute Gasteiger partial charge is 0.342 e. The van der Waals surface area contributed by atoms with E-state index in [1.807, 2.05) is 37.7 Å².